The molecule has 2 aliphatic rings. The van der Waals surface area contributed by atoms with Crippen molar-refractivity contribution in [2.24, 2.45) is 0 Å². The number of nitrogens with zero attached hydrogens (tertiary/aromatic N) is 3. The topological polar surface area (TPSA) is 109 Å². The molecule has 1 unspecified atom stereocenters. The van der Waals surface area contributed by atoms with Gasteiger partial charge in [-0.05, 0) is 42.8 Å². The number of hydrogen-bond acceptors (Lipinski definition) is 9. The summed E-state index contributed by atoms with van der Waals surface area (Å²) in [7, 11) is 3.81. The highest BCUT2D eigenvalue weighted by Gasteiger charge is 2.48. The zero-order valence-electron chi connectivity index (χ0n) is 20.8. The maximum Gasteiger partial charge on any atom is 0.301 e. The van der Waals surface area contributed by atoms with Gasteiger partial charge in [-0.2, -0.15) is 0 Å². The van der Waals surface area contributed by atoms with E-state index in [1.165, 1.54) is 11.8 Å². The number of aryl methyl sites for hydroxylation is 1. The summed E-state index contributed by atoms with van der Waals surface area (Å²) < 4.78 is 11.2. The lowest BCUT2D eigenvalue weighted by atomic mass is 9.95. The molecule has 1 N–H and O–H groups in total. The Labute approximate surface area is 217 Å². The Balaban J connectivity index is 1.69. The number of thiazole rings is 1. The average molecular weight is 520 g/mol. The molecule has 1 atom stereocenters. The van der Waals surface area contributed by atoms with Gasteiger partial charge < -0.3 is 19.5 Å². The second kappa shape index (κ2) is 9.36. The molecule has 10 heteroatoms. The van der Waals surface area contributed by atoms with Crippen molar-refractivity contribution in [2.75, 3.05) is 37.1 Å². The molecule has 190 valence electrons. The second-order valence-corrected chi connectivity index (χ2v) is 9.96. The number of ether oxygens (including phenoxy) is 2. The maximum absolute atomic E-state index is 13.4. The zero-order valence-corrected chi connectivity index (χ0v) is 21.6. The minimum atomic E-state index is -0.949. The summed E-state index contributed by atoms with van der Waals surface area (Å²) in [5.74, 6) is -1.20. The van der Waals surface area contributed by atoms with Gasteiger partial charge in [-0.1, -0.05) is 23.5 Å². The van der Waals surface area contributed by atoms with Crippen molar-refractivity contribution < 1.29 is 29.0 Å². The van der Waals surface area contributed by atoms with E-state index in [1.807, 2.05) is 43.3 Å². The summed E-state index contributed by atoms with van der Waals surface area (Å²) in [6.07, 6.45) is 0. The molecule has 1 saturated heterocycles. The van der Waals surface area contributed by atoms with Gasteiger partial charge in [0.15, 0.2) is 22.4 Å². The van der Waals surface area contributed by atoms with Gasteiger partial charge in [0.1, 0.15) is 19.0 Å². The number of fused-ring (bicyclic) bond motifs is 1. The van der Waals surface area contributed by atoms with Crippen LogP contribution in [0.3, 0.4) is 0 Å². The summed E-state index contributed by atoms with van der Waals surface area (Å²) in [5.41, 5.74) is 2.26. The SMILES string of the molecule is CC(=O)c1sc(N2C(=O)C(=O)/C(=C(/O)c3ccc4c(c3)OCCO4)C2c2ccc(N(C)C)cc2)nc1C. The summed E-state index contributed by atoms with van der Waals surface area (Å²) >= 11 is 1.05. The van der Waals surface area contributed by atoms with Crippen LogP contribution < -0.4 is 19.3 Å². The van der Waals surface area contributed by atoms with Crippen LogP contribution in [-0.2, 0) is 9.59 Å². The van der Waals surface area contributed by atoms with Gasteiger partial charge in [0.25, 0.3) is 5.78 Å². The van der Waals surface area contributed by atoms with Crippen LogP contribution >= 0.6 is 11.3 Å². The van der Waals surface area contributed by atoms with E-state index >= 15 is 0 Å². The molecule has 3 aromatic rings. The van der Waals surface area contributed by atoms with Crippen LogP contribution in [0.15, 0.2) is 48.0 Å². The Kier molecular flexibility index (Phi) is 6.20. The highest BCUT2D eigenvalue weighted by Crippen LogP contribution is 2.45. The van der Waals surface area contributed by atoms with Crippen molar-refractivity contribution in [3.8, 4) is 11.5 Å². The molecule has 1 amide bonds. The second-order valence-electron chi connectivity index (χ2n) is 8.98. The van der Waals surface area contributed by atoms with Gasteiger partial charge >= 0.3 is 5.91 Å². The number of aliphatic hydroxyl groups excluding tert-OH is 1. The first-order valence-electron chi connectivity index (χ1n) is 11.6. The largest absolute Gasteiger partial charge is 0.507 e. The Bertz CT molecular complexity index is 1460. The Morgan fingerprint density at radius 2 is 1.76 bits per heavy atom. The van der Waals surface area contributed by atoms with Crippen molar-refractivity contribution in [1.29, 1.82) is 0 Å². The van der Waals surface area contributed by atoms with Gasteiger partial charge in [-0.3, -0.25) is 19.3 Å². The highest BCUT2D eigenvalue weighted by atomic mass is 32.1. The van der Waals surface area contributed by atoms with Gasteiger partial charge in [0.05, 0.1) is 22.2 Å². The third kappa shape index (κ3) is 4.23. The van der Waals surface area contributed by atoms with Gasteiger partial charge in [0, 0.05) is 32.3 Å². The number of anilines is 2. The molecule has 37 heavy (non-hydrogen) atoms. The van der Waals surface area contributed by atoms with Gasteiger partial charge in [-0.15, -0.1) is 0 Å². The lowest BCUT2D eigenvalue weighted by Gasteiger charge is -2.24. The third-order valence-corrected chi connectivity index (χ3v) is 7.55. The van der Waals surface area contributed by atoms with E-state index < -0.39 is 17.7 Å². The number of carbonyl (C=O) groups is 3. The number of aliphatic hydroxyl groups is 1. The quantitative estimate of drug-likeness (QED) is 0.232. The molecule has 3 heterocycles. The minimum Gasteiger partial charge on any atom is -0.507 e. The third-order valence-electron chi connectivity index (χ3n) is 6.30. The lowest BCUT2D eigenvalue weighted by Crippen LogP contribution is -2.29. The lowest BCUT2D eigenvalue weighted by molar-refractivity contribution is -0.132. The molecular weight excluding hydrogens is 494 g/mol. The Hall–Kier alpha value is -4.18. The monoisotopic (exact) mass is 519 g/mol. The fraction of sp³-hybridized carbons (Fsp3) is 0.259. The molecule has 0 bridgehead atoms. The molecular formula is C27H25N3O6S. The van der Waals surface area contributed by atoms with Crippen molar-refractivity contribution in [3.63, 3.8) is 0 Å². The van der Waals surface area contributed by atoms with Gasteiger partial charge in [-0.25, -0.2) is 4.98 Å². The first kappa shape index (κ1) is 24.5. The molecule has 9 nitrogen and oxygen atoms in total. The van der Waals surface area contributed by atoms with Crippen molar-refractivity contribution >= 4 is 45.4 Å². The average Bonchev–Trinajstić information content (AvgIpc) is 3.40. The molecule has 0 saturated carbocycles. The van der Waals surface area contributed by atoms with Crippen LogP contribution in [-0.4, -0.2) is 54.9 Å². The Morgan fingerprint density at radius 3 is 2.38 bits per heavy atom. The number of hydrogen-bond donors (Lipinski definition) is 1. The van der Waals surface area contributed by atoms with Crippen LogP contribution in [0.4, 0.5) is 10.8 Å². The fourth-order valence-electron chi connectivity index (χ4n) is 4.46. The number of aromatic nitrogens is 1. The summed E-state index contributed by atoms with van der Waals surface area (Å²) in [6.45, 7) is 3.89. The molecule has 0 spiro atoms. The van der Waals surface area contributed by atoms with E-state index in [-0.39, 0.29) is 22.2 Å². The number of Topliss-reactive ketones (excluding diaryl/α,β-unsaturated/α-hetero) is 2. The number of benzene rings is 2. The molecule has 1 aromatic heterocycles. The van der Waals surface area contributed by atoms with E-state index in [0.717, 1.165) is 17.0 Å². The van der Waals surface area contributed by atoms with E-state index in [2.05, 4.69) is 4.98 Å². The number of rotatable bonds is 5. The molecule has 2 aliphatic heterocycles. The van der Waals surface area contributed by atoms with E-state index in [1.54, 1.807) is 25.1 Å². The summed E-state index contributed by atoms with van der Waals surface area (Å²) in [6, 6.07) is 11.3. The van der Waals surface area contributed by atoms with Gasteiger partial charge in [0.2, 0.25) is 0 Å². The molecule has 1 fully saturated rings. The van der Waals surface area contributed by atoms with Crippen LogP contribution in [0.1, 0.15) is 39.5 Å². The van der Waals surface area contributed by atoms with Crippen LogP contribution in [0.2, 0.25) is 0 Å². The van der Waals surface area contributed by atoms with E-state index in [4.69, 9.17) is 9.47 Å². The van der Waals surface area contributed by atoms with Crippen LogP contribution in [0.25, 0.3) is 5.76 Å². The molecule has 2 aromatic carbocycles. The normalized spacial score (nSPS) is 18.3. The predicted octanol–water partition coefficient (Wildman–Crippen LogP) is 4.12. The first-order chi connectivity index (χ1) is 17.7. The predicted molar refractivity (Wildman–Crippen MR) is 140 cm³/mol. The zero-order chi connectivity index (χ0) is 26.4. The molecule has 5 rings (SSSR count). The number of amides is 1. The Morgan fingerprint density at radius 1 is 1.08 bits per heavy atom. The smallest absolute Gasteiger partial charge is 0.301 e. The van der Waals surface area contributed by atoms with Crippen molar-refractivity contribution in [2.45, 2.75) is 19.9 Å². The van der Waals surface area contributed by atoms with Crippen LogP contribution in [0.5, 0.6) is 11.5 Å². The fourth-order valence-corrected chi connectivity index (χ4v) is 5.45. The van der Waals surface area contributed by atoms with Crippen molar-refractivity contribution in [3.05, 3.63) is 69.7 Å². The minimum absolute atomic E-state index is 0.0727. The van der Waals surface area contributed by atoms with Crippen LogP contribution in [0, 0.1) is 6.92 Å². The highest BCUT2D eigenvalue weighted by molar-refractivity contribution is 7.18. The number of carbonyl (C=O) groups excluding carboxylic acids is 3. The maximum atomic E-state index is 13.4. The summed E-state index contributed by atoms with van der Waals surface area (Å²) in [4.78, 5) is 46.9. The summed E-state index contributed by atoms with van der Waals surface area (Å²) in [5, 5.41) is 11.6. The van der Waals surface area contributed by atoms with Crippen molar-refractivity contribution in [1.82, 2.24) is 4.98 Å². The molecule has 0 radical (unpaired) electrons. The standard InChI is InChI=1S/C27H25N3O6S/c1-14-25(15(2)31)37-27(28-14)30-22(16-5-8-18(9-6-16)29(3)4)21(24(33)26(30)34)23(32)17-7-10-19-20(13-17)36-12-11-35-19/h5-10,13,22,32H,11-12H2,1-4H3/b23-21+. The van der Waals surface area contributed by atoms with E-state index in [0.29, 0.717) is 46.4 Å². The first-order valence-corrected chi connectivity index (χ1v) is 12.5. The van der Waals surface area contributed by atoms with E-state index in [9.17, 15) is 19.5 Å². The molecule has 0 aliphatic carbocycles. The number of ketones is 2.